The monoisotopic (exact) mass is 483 g/mol. The van der Waals surface area contributed by atoms with Crippen LogP contribution in [0, 0.1) is 0 Å². The SMILES string of the molecule is CCOc1ccc(C2=NN3[C@@H](C2)c2cc(Br)ccc2OC32CCN(C(C)=O)CC2)cc1. The van der Waals surface area contributed by atoms with Crippen LogP contribution in [0.5, 0.6) is 11.5 Å². The van der Waals surface area contributed by atoms with Crippen LogP contribution in [0.4, 0.5) is 0 Å². The number of hydrazone groups is 1. The van der Waals surface area contributed by atoms with Gasteiger partial charge >= 0.3 is 0 Å². The molecule has 0 N–H and O–H groups in total. The maximum atomic E-state index is 11.9. The Morgan fingerprint density at radius 1 is 1.23 bits per heavy atom. The summed E-state index contributed by atoms with van der Waals surface area (Å²) in [6, 6.07) is 14.5. The van der Waals surface area contributed by atoms with Crippen molar-refractivity contribution in [2.75, 3.05) is 19.7 Å². The number of hydrogen-bond acceptors (Lipinski definition) is 5. The van der Waals surface area contributed by atoms with E-state index in [1.165, 1.54) is 0 Å². The molecule has 5 rings (SSSR count). The van der Waals surface area contributed by atoms with Gasteiger partial charge in [-0.15, -0.1) is 0 Å². The van der Waals surface area contributed by atoms with Crippen molar-refractivity contribution in [3.63, 3.8) is 0 Å². The summed E-state index contributed by atoms with van der Waals surface area (Å²) in [4.78, 5) is 13.8. The summed E-state index contributed by atoms with van der Waals surface area (Å²) in [5.74, 6) is 1.91. The van der Waals surface area contributed by atoms with Gasteiger partial charge in [-0.3, -0.25) is 4.79 Å². The second-order valence-electron chi connectivity index (χ2n) is 8.31. The first-order valence-electron chi connectivity index (χ1n) is 10.8. The minimum atomic E-state index is -0.523. The molecule has 0 bridgehead atoms. The quantitative estimate of drug-likeness (QED) is 0.632. The third kappa shape index (κ3) is 3.59. The number of carbonyl (C=O) groups excluding carboxylic acids is 1. The zero-order chi connectivity index (χ0) is 21.6. The summed E-state index contributed by atoms with van der Waals surface area (Å²) in [7, 11) is 0. The molecule has 0 aliphatic carbocycles. The molecule has 3 aliphatic heterocycles. The van der Waals surface area contributed by atoms with Crippen LogP contribution in [-0.4, -0.2) is 46.9 Å². The molecule has 1 saturated heterocycles. The molecule has 0 radical (unpaired) electrons. The highest BCUT2D eigenvalue weighted by molar-refractivity contribution is 9.10. The molecular formula is C24H26BrN3O3. The highest BCUT2D eigenvalue weighted by atomic mass is 79.9. The Morgan fingerprint density at radius 2 is 1.97 bits per heavy atom. The van der Waals surface area contributed by atoms with Crippen molar-refractivity contribution in [3.8, 4) is 11.5 Å². The van der Waals surface area contributed by atoms with Gasteiger partial charge in [-0.1, -0.05) is 15.9 Å². The van der Waals surface area contributed by atoms with E-state index in [1.54, 1.807) is 6.92 Å². The van der Waals surface area contributed by atoms with Crippen LogP contribution in [0.25, 0.3) is 0 Å². The van der Waals surface area contributed by atoms with E-state index in [2.05, 4.69) is 39.1 Å². The smallest absolute Gasteiger partial charge is 0.219 e. The molecular weight excluding hydrogens is 458 g/mol. The minimum Gasteiger partial charge on any atom is -0.494 e. The third-order valence-corrected chi connectivity index (χ3v) is 6.94. The molecule has 1 spiro atoms. The van der Waals surface area contributed by atoms with Crippen molar-refractivity contribution in [2.24, 2.45) is 5.10 Å². The summed E-state index contributed by atoms with van der Waals surface area (Å²) < 4.78 is 13.3. The number of benzene rings is 2. The first kappa shape index (κ1) is 20.4. The fourth-order valence-corrected chi connectivity index (χ4v) is 5.22. The van der Waals surface area contributed by atoms with E-state index in [0.717, 1.165) is 52.1 Å². The first-order valence-corrected chi connectivity index (χ1v) is 11.6. The van der Waals surface area contributed by atoms with E-state index in [9.17, 15) is 4.79 Å². The van der Waals surface area contributed by atoms with Gasteiger partial charge in [-0.25, -0.2) is 5.01 Å². The molecule has 7 heteroatoms. The molecule has 0 unspecified atom stereocenters. The molecule has 162 valence electrons. The lowest BCUT2D eigenvalue weighted by molar-refractivity contribution is -0.158. The van der Waals surface area contributed by atoms with E-state index < -0.39 is 5.72 Å². The molecule has 1 atom stereocenters. The molecule has 31 heavy (non-hydrogen) atoms. The van der Waals surface area contributed by atoms with E-state index in [4.69, 9.17) is 14.6 Å². The van der Waals surface area contributed by atoms with Crippen LogP contribution in [-0.2, 0) is 4.79 Å². The van der Waals surface area contributed by atoms with Gasteiger partial charge in [0.15, 0.2) is 0 Å². The largest absolute Gasteiger partial charge is 0.494 e. The van der Waals surface area contributed by atoms with Crippen molar-refractivity contribution in [3.05, 3.63) is 58.1 Å². The van der Waals surface area contributed by atoms with Crippen LogP contribution in [0.2, 0.25) is 0 Å². The van der Waals surface area contributed by atoms with Crippen LogP contribution in [0.15, 0.2) is 52.0 Å². The number of fused-ring (bicyclic) bond motifs is 4. The Morgan fingerprint density at radius 3 is 2.65 bits per heavy atom. The summed E-state index contributed by atoms with van der Waals surface area (Å²) in [5.41, 5.74) is 2.78. The van der Waals surface area contributed by atoms with E-state index in [0.29, 0.717) is 19.7 Å². The van der Waals surface area contributed by atoms with Crippen LogP contribution >= 0.6 is 15.9 Å². The predicted molar refractivity (Wildman–Crippen MR) is 122 cm³/mol. The summed E-state index contributed by atoms with van der Waals surface area (Å²) in [6.07, 6.45) is 2.29. The van der Waals surface area contributed by atoms with Crippen molar-refractivity contribution >= 4 is 27.5 Å². The summed E-state index contributed by atoms with van der Waals surface area (Å²) in [6.45, 7) is 5.63. The molecule has 3 heterocycles. The average Bonchev–Trinajstić information content (AvgIpc) is 3.23. The van der Waals surface area contributed by atoms with Crippen LogP contribution in [0.1, 0.15) is 50.3 Å². The van der Waals surface area contributed by atoms with E-state index >= 15 is 0 Å². The molecule has 2 aromatic rings. The van der Waals surface area contributed by atoms with Gasteiger partial charge in [0.05, 0.1) is 18.4 Å². The number of likely N-dealkylation sites (tertiary alicyclic amines) is 1. The lowest BCUT2D eigenvalue weighted by atomic mass is 9.90. The number of amides is 1. The first-order chi connectivity index (χ1) is 15.0. The van der Waals surface area contributed by atoms with Gasteiger partial charge in [0.1, 0.15) is 11.5 Å². The number of ether oxygens (including phenoxy) is 2. The van der Waals surface area contributed by atoms with Gasteiger partial charge in [-0.2, -0.15) is 5.10 Å². The van der Waals surface area contributed by atoms with Crippen LogP contribution < -0.4 is 9.47 Å². The van der Waals surface area contributed by atoms with Crippen molar-refractivity contribution in [1.29, 1.82) is 0 Å². The lowest BCUT2D eigenvalue weighted by Crippen LogP contribution is -2.59. The normalized spacial score (nSPS) is 21.3. The molecule has 3 aliphatic rings. The van der Waals surface area contributed by atoms with Crippen LogP contribution in [0.3, 0.4) is 0 Å². The summed E-state index contributed by atoms with van der Waals surface area (Å²) >= 11 is 3.61. The molecule has 1 amide bonds. The predicted octanol–water partition coefficient (Wildman–Crippen LogP) is 4.73. The second kappa shape index (κ2) is 7.86. The fourth-order valence-electron chi connectivity index (χ4n) is 4.84. The molecule has 1 fully saturated rings. The molecule has 0 saturated carbocycles. The number of piperidine rings is 1. The molecule has 2 aromatic carbocycles. The number of carbonyl (C=O) groups is 1. The van der Waals surface area contributed by atoms with Gasteiger partial charge in [0, 0.05) is 49.3 Å². The molecule has 6 nitrogen and oxygen atoms in total. The maximum Gasteiger partial charge on any atom is 0.219 e. The second-order valence-corrected chi connectivity index (χ2v) is 9.22. The van der Waals surface area contributed by atoms with Crippen molar-refractivity contribution < 1.29 is 14.3 Å². The maximum absolute atomic E-state index is 11.9. The van der Waals surface area contributed by atoms with Gasteiger partial charge in [0.2, 0.25) is 11.6 Å². The fraction of sp³-hybridized carbons (Fsp3) is 0.417. The Balaban J connectivity index is 1.50. The topological polar surface area (TPSA) is 54.4 Å². The Labute approximate surface area is 190 Å². The number of hydrogen-bond donors (Lipinski definition) is 0. The highest BCUT2D eigenvalue weighted by Gasteiger charge is 2.52. The van der Waals surface area contributed by atoms with Gasteiger partial charge < -0.3 is 14.4 Å². The van der Waals surface area contributed by atoms with Gasteiger partial charge in [-0.05, 0) is 55.0 Å². The zero-order valence-electron chi connectivity index (χ0n) is 17.8. The standard InChI is InChI=1S/C24H26BrN3O3/c1-3-30-19-7-4-17(5-8-19)21-15-22-20-14-18(25)6-9-23(20)31-24(28(22)26-21)10-12-27(13-11-24)16(2)29/h4-9,14,22H,3,10-13,15H2,1-2H3/t22-/m0/s1. The van der Waals surface area contributed by atoms with Gasteiger partial charge in [0.25, 0.3) is 0 Å². The average molecular weight is 484 g/mol. The minimum absolute atomic E-state index is 0.117. The lowest BCUT2D eigenvalue weighted by Gasteiger charge is -2.51. The third-order valence-electron chi connectivity index (χ3n) is 6.45. The Kier molecular flexibility index (Phi) is 5.16. The molecule has 0 aromatic heterocycles. The number of halogens is 1. The Hall–Kier alpha value is -2.54. The van der Waals surface area contributed by atoms with Crippen molar-refractivity contribution in [2.45, 2.75) is 44.9 Å². The summed E-state index contributed by atoms with van der Waals surface area (Å²) in [5, 5.41) is 7.27. The van der Waals surface area contributed by atoms with E-state index in [-0.39, 0.29) is 11.9 Å². The van der Waals surface area contributed by atoms with Crippen molar-refractivity contribution in [1.82, 2.24) is 9.91 Å². The zero-order valence-corrected chi connectivity index (χ0v) is 19.4. The van der Waals surface area contributed by atoms with E-state index in [1.807, 2.05) is 36.1 Å². The number of nitrogens with zero attached hydrogens (tertiary/aromatic N) is 3. The highest BCUT2D eigenvalue weighted by Crippen LogP contribution is 2.50. The number of rotatable bonds is 3. The Bertz CT molecular complexity index is 1030.